The number of hydrogen-bond acceptors (Lipinski definition) is 3. The molecule has 2 aromatic heterocycles. The highest BCUT2D eigenvalue weighted by Gasteiger charge is 2.13. The van der Waals surface area contributed by atoms with Crippen molar-refractivity contribution in [2.75, 3.05) is 0 Å². The maximum atomic E-state index is 10.9. The summed E-state index contributed by atoms with van der Waals surface area (Å²) < 4.78 is 4.96. The molecule has 3 aromatic rings. The average molecular weight is 229 g/mol. The van der Waals surface area contributed by atoms with Crippen LogP contribution in [-0.4, -0.2) is 15.2 Å². The Kier molecular flexibility index (Phi) is 1.95. The van der Waals surface area contributed by atoms with E-state index in [1.807, 2.05) is 26.0 Å². The molecule has 0 radical (unpaired) electrons. The molecule has 86 valence electrons. The Labute approximate surface area is 96.5 Å². The minimum absolute atomic E-state index is 0.293. The molecule has 1 aromatic carbocycles. The molecule has 2 heterocycles. The van der Waals surface area contributed by atoms with Gasteiger partial charge in [0.1, 0.15) is 5.69 Å². The zero-order chi connectivity index (χ0) is 12.0. The topological polar surface area (TPSA) is 74.7 Å². The van der Waals surface area contributed by atoms with Crippen molar-refractivity contribution in [3.8, 4) is 11.6 Å². The monoisotopic (exact) mass is 229 g/mol. The first-order valence-corrected chi connectivity index (χ1v) is 5.30. The van der Waals surface area contributed by atoms with Crippen molar-refractivity contribution in [1.29, 1.82) is 0 Å². The third-order valence-corrected chi connectivity index (χ3v) is 2.87. The lowest BCUT2D eigenvalue weighted by atomic mass is 10.1. The molecule has 5 heteroatoms. The van der Waals surface area contributed by atoms with Crippen LogP contribution in [0.2, 0.25) is 0 Å². The second-order valence-corrected chi connectivity index (χ2v) is 4.09. The summed E-state index contributed by atoms with van der Waals surface area (Å²) in [6.07, 6.45) is 0. The van der Waals surface area contributed by atoms with Gasteiger partial charge in [-0.3, -0.25) is 0 Å². The van der Waals surface area contributed by atoms with Gasteiger partial charge in [0.05, 0.1) is 0 Å². The lowest BCUT2D eigenvalue weighted by Crippen LogP contribution is -1.93. The number of H-pyrrole nitrogens is 2. The highest BCUT2D eigenvalue weighted by molar-refractivity contribution is 5.89. The third-order valence-electron chi connectivity index (χ3n) is 2.87. The van der Waals surface area contributed by atoms with Gasteiger partial charge in [-0.2, -0.15) is 0 Å². The molecule has 0 saturated heterocycles. The smallest absolute Gasteiger partial charge is 0.386 e. The molecular weight excluding hydrogens is 218 g/mol. The van der Waals surface area contributed by atoms with E-state index in [0.29, 0.717) is 5.89 Å². The second-order valence-electron chi connectivity index (χ2n) is 4.09. The van der Waals surface area contributed by atoms with Gasteiger partial charge in [-0.05, 0) is 31.5 Å². The number of nitrogens with zero attached hydrogens (tertiary/aromatic N) is 1. The number of aromatic nitrogens is 3. The molecule has 0 bridgehead atoms. The Balaban J connectivity index is 2.31. The number of benzene rings is 1. The number of fused-ring (bicyclic) bond motifs is 1. The van der Waals surface area contributed by atoms with Gasteiger partial charge in [-0.25, -0.2) is 9.89 Å². The van der Waals surface area contributed by atoms with Crippen molar-refractivity contribution in [3.05, 3.63) is 39.9 Å². The van der Waals surface area contributed by atoms with Gasteiger partial charge in [0.15, 0.2) is 0 Å². The normalized spacial score (nSPS) is 11.2. The minimum atomic E-state index is -0.547. The van der Waals surface area contributed by atoms with E-state index in [9.17, 15) is 4.79 Å². The molecule has 0 fully saturated rings. The van der Waals surface area contributed by atoms with E-state index in [1.54, 1.807) is 0 Å². The third kappa shape index (κ3) is 1.47. The van der Waals surface area contributed by atoms with E-state index >= 15 is 0 Å². The summed E-state index contributed by atoms with van der Waals surface area (Å²) in [5.41, 5.74) is 3.96. The summed E-state index contributed by atoms with van der Waals surface area (Å²) in [6, 6.07) is 6.13. The molecule has 0 saturated carbocycles. The van der Waals surface area contributed by atoms with Crippen LogP contribution in [0, 0.1) is 13.8 Å². The standard InChI is InChI=1S/C12H11N3O2/c1-6-3-4-9-8(5-6)7(2)10(13-9)11-14-15-12(16)17-11/h3-5,13H,1-2H3,(H,15,16). The summed E-state index contributed by atoms with van der Waals surface area (Å²) >= 11 is 0. The van der Waals surface area contributed by atoms with Crippen LogP contribution >= 0.6 is 0 Å². The fourth-order valence-electron chi connectivity index (χ4n) is 1.99. The van der Waals surface area contributed by atoms with Crippen LogP contribution in [0.15, 0.2) is 27.4 Å². The Bertz CT molecular complexity index is 749. The molecule has 17 heavy (non-hydrogen) atoms. The molecule has 0 aliphatic heterocycles. The molecule has 0 unspecified atom stereocenters. The van der Waals surface area contributed by atoms with Crippen LogP contribution in [0.1, 0.15) is 11.1 Å². The fourth-order valence-corrected chi connectivity index (χ4v) is 1.99. The van der Waals surface area contributed by atoms with Crippen LogP contribution in [0.3, 0.4) is 0 Å². The molecule has 5 nitrogen and oxygen atoms in total. The van der Waals surface area contributed by atoms with Crippen molar-refractivity contribution < 1.29 is 4.42 Å². The van der Waals surface area contributed by atoms with E-state index in [4.69, 9.17) is 4.42 Å². The van der Waals surface area contributed by atoms with Crippen LogP contribution in [0.4, 0.5) is 0 Å². The Morgan fingerprint density at radius 1 is 1.29 bits per heavy atom. The lowest BCUT2D eigenvalue weighted by molar-refractivity contribution is 0.525. The quantitative estimate of drug-likeness (QED) is 0.671. The maximum Gasteiger partial charge on any atom is 0.434 e. The Hall–Kier alpha value is -2.30. The predicted molar refractivity (Wildman–Crippen MR) is 63.9 cm³/mol. The first-order chi connectivity index (χ1) is 8.15. The van der Waals surface area contributed by atoms with E-state index in [-0.39, 0.29) is 0 Å². The fraction of sp³-hybridized carbons (Fsp3) is 0.167. The molecule has 0 atom stereocenters. The number of aryl methyl sites for hydroxylation is 2. The van der Waals surface area contributed by atoms with Gasteiger partial charge in [-0.15, -0.1) is 5.10 Å². The van der Waals surface area contributed by atoms with Crippen molar-refractivity contribution in [1.82, 2.24) is 15.2 Å². The minimum Gasteiger partial charge on any atom is -0.386 e. The maximum absolute atomic E-state index is 10.9. The number of aromatic amines is 2. The summed E-state index contributed by atoms with van der Waals surface area (Å²) in [7, 11) is 0. The zero-order valence-electron chi connectivity index (χ0n) is 9.50. The first-order valence-electron chi connectivity index (χ1n) is 5.30. The molecular formula is C12H11N3O2. The average Bonchev–Trinajstić information content (AvgIpc) is 2.84. The van der Waals surface area contributed by atoms with Gasteiger partial charge in [0.2, 0.25) is 0 Å². The SMILES string of the molecule is Cc1ccc2[nH]c(-c3n[nH]c(=O)o3)c(C)c2c1. The van der Waals surface area contributed by atoms with Gasteiger partial charge in [0.25, 0.3) is 5.89 Å². The molecule has 3 rings (SSSR count). The number of hydrogen-bond donors (Lipinski definition) is 2. The largest absolute Gasteiger partial charge is 0.434 e. The number of nitrogens with one attached hydrogen (secondary N) is 2. The second kappa shape index (κ2) is 3.35. The zero-order valence-corrected chi connectivity index (χ0v) is 9.50. The highest BCUT2D eigenvalue weighted by atomic mass is 16.4. The van der Waals surface area contributed by atoms with Gasteiger partial charge < -0.3 is 9.40 Å². The van der Waals surface area contributed by atoms with E-state index in [0.717, 1.165) is 22.2 Å². The van der Waals surface area contributed by atoms with E-state index in [1.165, 1.54) is 5.56 Å². The van der Waals surface area contributed by atoms with Gasteiger partial charge >= 0.3 is 5.76 Å². The van der Waals surface area contributed by atoms with Gasteiger partial charge in [0, 0.05) is 10.9 Å². The summed E-state index contributed by atoms with van der Waals surface area (Å²) in [5.74, 6) is -0.254. The van der Waals surface area contributed by atoms with Crippen LogP contribution in [0.5, 0.6) is 0 Å². The van der Waals surface area contributed by atoms with E-state index in [2.05, 4.69) is 21.2 Å². The molecule has 2 N–H and O–H groups in total. The van der Waals surface area contributed by atoms with Crippen LogP contribution in [0.25, 0.3) is 22.5 Å². The first kappa shape index (κ1) is 9.89. The van der Waals surface area contributed by atoms with Crippen LogP contribution < -0.4 is 5.76 Å². The Morgan fingerprint density at radius 3 is 2.82 bits per heavy atom. The highest BCUT2D eigenvalue weighted by Crippen LogP contribution is 2.28. The Morgan fingerprint density at radius 2 is 2.12 bits per heavy atom. The van der Waals surface area contributed by atoms with Crippen molar-refractivity contribution in [2.24, 2.45) is 0 Å². The summed E-state index contributed by atoms with van der Waals surface area (Å²) in [6.45, 7) is 4.02. The molecule has 0 aliphatic rings. The predicted octanol–water partition coefficient (Wildman–Crippen LogP) is 2.13. The molecule has 0 aliphatic carbocycles. The van der Waals surface area contributed by atoms with Gasteiger partial charge in [-0.1, -0.05) is 11.6 Å². The number of rotatable bonds is 1. The van der Waals surface area contributed by atoms with Crippen molar-refractivity contribution in [2.45, 2.75) is 13.8 Å². The molecule has 0 amide bonds. The summed E-state index contributed by atoms with van der Waals surface area (Å²) in [4.78, 5) is 14.2. The molecule has 0 spiro atoms. The van der Waals surface area contributed by atoms with E-state index < -0.39 is 5.76 Å². The lowest BCUT2D eigenvalue weighted by Gasteiger charge is -1.93. The van der Waals surface area contributed by atoms with Crippen molar-refractivity contribution >= 4 is 10.9 Å². The summed E-state index contributed by atoms with van der Waals surface area (Å²) in [5, 5.41) is 7.20. The van der Waals surface area contributed by atoms with Crippen LogP contribution in [-0.2, 0) is 0 Å². The van der Waals surface area contributed by atoms with Crippen molar-refractivity contribution in [3.63, 3.8) is 0 Å².